The van der Waals surface area contributed by atoms with Gasteiger partial charge in [0.1, 0.15) is 21.2 Å². The molecule has 9 nitrogen and oxygen atoms in total. The van der Waals surface area contributed by atoms with Gasteiger partial charge in [0.05, 0.1) is 23.0 Å². The van der Waals surface area contributed by atoms with Gasteiger partial charge in [-0.1, -0.05) is 13.0 Å². The Hall–Kier alpha value is -2.78. The zero-order valence-corrected chi connectivity index (χ0v) is 23.8. The summed E-state index contributed by atoms with van der Waals surface area (Å²) in [5.41, 5.74) is -1.17. The Morgan fingerprint density at radius 2 is 1.98 bits per heavy atom. The lowest BCUT2D eigenvalue weighted by molar-refractivity contribution is -0.169. The molecule has 1 unspecified atom stereocenters. The van der Waals surface area contributed by atoms with Gasteiger partial charge in [0.15, 0.2) is 5.69 Å². The van der Waals surface area contributed by atoms with Crippen LogP contribution in [0, 0.1) is 12.8 Å². The third kappa shape index (κ3) is 7.55. The Balaban J connectivity index is 1.89. The van der Waals surface area contributed by atoms with E-state index in [-0.39, 0.29) is 59.6 Å². The summed E-state index contributed by atoms with van der Waals surface area (Å²) in [5.74, 6) is -2.84. The van der Waals surface area contributed by atoms with Crippen LogP contribution in [0.4, 0.5) is 22.0 Å². The number of hydrogen-bond donors (Lipinski definition) is 3. The molecule has 41 heavy (non-hydrogen) atoms. The molecular weight excluding hydrogens is 577 g/mol. The van der Waals surface area contributed by atoms with Gasteiger partial charge in [-0.15, -0.1) is 0 Å². The number of ether oxygens (including phenoxy) is 1. The molecule has 4 atom stereocenters. The first-order valence-electron chi connectivity index (χ1n) is 13.0. The Morgan fingerprint density at radius 1 is 1.32 bits per heavy atom. The normalized spacial score (nSPS) is 22.5. The number of rotatable bonds is 10. The average Bonchev–Trinajstić information content (AvgIpc) is 3.19. The molecule has 0 saturated heterocycles. The van der Waals surface area contributed by atoms with Gasteiger partial charge in [-0.2, -0.15) is 27.1 Å². The number of halogens is 5. The van der Waals surface area contributed by atoms with Crippen molar-refractivity contribution in [3.8, 4) is 17.0 Å². The monoisotopic (exact) mass is 611 g/mol. The summed E-state index contributed by atoms with van der Waals surface area (Å²) in [7, 11) is -3.43. The topological polar surface area (TPSA) is 131 Å². The maximum atomic E-state index is 13.3. The lowest BCUT2D eigenvalue weighted by Crippen LogP contribution is -2.56. The van der Waals surface area contributed by atoms with E-state index in [2.05, 4.69) is 15.2 Å². The number of carbonyl (C=O) groups excluding carboxylic acids is 1. The molecule has 3 rings (SSSR count). The van der Waals surface area contributed by atoms with Crippen LogP contribution in [0.25, 0.3) is 11.3 Å². The molecular formula is C26H34F5N3O6S. The second-order valence-electron chi connectivity index (χ2n) is 10.5. The number of aryl methyl sites for hydroxylation is 1. The highest BCUT2D eigenvalue weighted by atomic mass is 32.2. The second-order valence-corrected chi connectivity index (χ2v) is 12.8. The molecule has 0 aliphatic heterocycles. The Labute approximate surface area is 234 Å². The summed E-state index contributed by atoms with van der Waals surface area (Å²) < 4.78 is 95.4. The van der Waals surface area contributed by atoms with Gasteiger partial charge in [0.25, 0.3) is 5.91 Å². The number of aromatic nitrogens is 2. The zero-order valence-electron chi connectivity index (χ0n) is 23.0. The molecule has 1 heterocycles. The van der Waals surface area contributed by atoms with E-state index in [1.54, 1.807) is 6.92 Å². The fraction of sp³-hybridized carbons (Fsp3) is 0.615. The summed E-state index contributed by atoms with van der Waals surface area (Å²) in [6, 6.07) is 3.82. The number of nitrogens with zero attached hydrogens (tertiary/aromatic N) is 2. The Morgan fingerprint density at radius 3 is 2.51 bits per heavy atom. The van der Waals surface area contributed by atoms with Gasteiger partial charge in [-0.25, -0.2) is 8.42 Å². The van der Waals surface area contributed by atoms with Gasteiger partial charge < -0.3 is 20.3 Å². The number of hydrogen-bond acceptors (Lipinski definition) is 7. The number of sulfone groups is 1. The van der Waals surface area contributed by atoms with Gasteiger partial charge in [0.2, 0.25) is 0 Å². The van der Waals surface area contributed by atoms with Crippen LogP contribution in [0.1, 0.15) is 54.7 Å². The van der Waals surface area contributed by atoms with E-state index in [0.29, 0.717) is 0 Å². The zero-order chi connectivity index (χ0) is 30.9. The van der Waals surface area contributed by atoms with E-state index in [1.165, 1.54) is 23.7 Å². The molecule has 2 aromatic rings. The summed E-state index contributed by atoms with van der Waals surface area (Å²) in [6.07, 6.45) is -5.46. The van der Waals surface area contributed by atoms with Crippen LogP contribution in [0.15, 0.2) is 18.2 Å². The minimum atomic E-state index is -4.47. The number of carbonyl (C=O) groups is 1. The van der Waals surface area contributed by atoms with Crippen molar-refractivity contribution >= 4 is 15.7 Å². The van der Waals surface area contributed by atoms with Crippen molar-refractivity contribution in [1.29, 1.82) is 0 Å². The Kier molecular flexibility index (Phi) is 9.75. The molecule has 1 amide bonds. The van der Waals surface area contributed by atoms with E-state index in [9.17, 15) is 45.4 Å². The first-order chi connectivity index (χ1) is 18.9. The van der Waals surface area contributed by atoms with E-state index in [1.807, 2.05) is 0 Å². The van der Waals surface area contributed by atoms with Crippen molar-refractivity contribution in [2.75, 3.05) is 12.8 Å². The number of alkyl halides is 5. The predicted molar refractivity (Wildman–Crippen MR) is 139 cm³/mol. The molecule has 1 aliphatic rings. The van der Waals surface area contributed by atoms with Crippen molar-refractivity contribution in [3.05, 3.63) is 35.0 Å². The number of nitrogens with one attached hydrogen (secondary N) is 1. The number of amides is 1. The van der Waals surface area contributed by atoms with Crippen molar-refractivity contribution in [1.82, 2.24) is 15.1 Å². The molecule has 0 bridgehead atoms. The average molecular weight is 612 g/mol. The van der Waals surface area contributed by atoms with Crippen molar-refractivity contribution in [2.24, 2.45) is 5.92 Å². The molecule has 1 fully saturated rings. The van der Waals surface area contributed by atoms with Crippen LogP contribution < -0.4 is 10.1 Å². The first kappa shape index (κ1) is 32.7. The molecule has 3 N–H and O–H groups in total. The van der Waals surface area contributed by atoms with Crippen LogP contribution in [0.5, 0.6) is 5.75 Å². The van der Waals surface area contributed by atoms with E-state index in [4.69, 9.17) is 0 Å². The summed E-state index contributed by atoms with van der Waals surface area (Å²) >= 11 is 0. The van der Waals surface area contributed by atoms with Crippen LogP contribution in [0.2, 0.25) is 0 Å². The van der Waals surface area contributed by atoms with Crippen LogP contribution >= 0.6 is 0 Å². The fourth-order valence-electron chi connectivity index (χ4n) is 4.97. The largest absolute Gasteiger partial charge is 0.434 e. The number of aliphatic hydroxyl groups is 2. The van der Waals surface area contributed by atoms with Gasteiger partial charge in [0, 0.05) is 30.5 Å². The van der Waals surface area contributed by atoms with Crippen LogP contribution in [0.3, 0.4) is 0 Å². The number of benzene rings is 1. The van der Waals surface area contributed by atoms with Gasteiger partial charge >= 0.3 is 12.8 Å². The van der Waals surface area contributed by atoms with E-state index >= 15 is 0 Å². The highest BCUT2D eigenvalue weighted by Crippen LogP contribution is 2.37. The highest BCUT2D eigenvalue weighted by molar-refractivity contribution is 7.91. The summed E-state index contributed by atoms with van der Waals surface area (Å²) in [4.78, 5) is 13.1. The maximum absolute atomic E-state index is 13.3. The maximum Gasteiger partial charge on any atom is 0.391 e. The van der Waals surface area contributed by atoms with Crippen LogP contribution in [-0.2, 0) is 22.8 Å². The molecule has 1 aromatic carbocycles. The molecule has 0 radical (unpaired) electrons. The third-order valence-electron chi connectivity index (χ3n) is 7.49. The smallest absolute Gasteiger partial charge is 0.391 e. The number of aliphatic hydroxyl groups excluding tert-OH is 1. The van der Waals surface area contributed by atoms with Crippen molar-refractivity contribution < 1.29 is 50.1 Å². The standard InChI is InChI=1S/C26H34F5N3O6S/c1-5-34-22(18-7-6-16(10-14(2)26(29,30)31)11-19(18)40-24(27)28)15(3)21(33-34)23(36)32-13-25(37)9-8-17(12-20(25)35)41(4,38)39/h6-7,11,14,17,20,24,35,37H,5,8-10,12-13H2,1-4H3,(H,32,36)/t14?,17-,20-,25-/m0/s1. The van der Waals surface area contributed by atoms with Crippen molar-refractivity contribution in [3.63, 3.8) is 0 Å². The first-order valence-corrected chi connectivity index (χ1v) is 14.9. The Bertz CT molecular complexity index is 1360. The molecule has 1 aliphatic carbocycles. The molecule has 1 aromatic heterocycles. The lowest BCUT2D eigenvalue weighted by Gasteiger charge is -2.39. The molecule has 230 valence electrons. The molecule has 0 spiro atoms. The highest BCUT2D eigenvalue weighted by Gasteiger charge is 2.44. The minimum absolute atomic E-state index is 0.0759. The summed E-state index contributed by atoms with van der Waals surface area (Å²) in [6.45, 7) is 0.702. The lowest BCUT2D eigenvalue weighted by atomic mass is 9.82. The summed E-state index contributed by atoms with van der Waals surface area (Å²) in [5, 5.41) is 27.3. The van der Waals surface area contributed by atoms with Gasteiger partial charge in [-0.05, 0) is 57.2 Å². The SMILES string of the molecule is CCn1nc(C(=O)NC[C@@]2(O)CC[C@H](S(C)(=O)=O)C[C@@H]2O)c(C)c1-c1ccc(CC(C)C(F)(F)F)cc1OC(F)F. The van der Waals surface area contributed by atoms with Crippen molar-refractivity contribution in [2.45, 2.75) is 82.7 Å². The molecule has 15 heteroatoms. The van der Waals surface area contributed by atoms with Gasteiger partial charge in [-0.3, -0.25) is 9.48 Å². The quantitative estimate of drug-likeness (QED) is 0.350. The van der Waals surface area contributed by atoms with E-state index in [0.717, 1.165) is 19.2 Å². The predicted octanol–water partition coefficient (Wildman–Crippen LogP) is 3.64. The molecule has 1 saturated carbocycles. The fourth-order valence-corrected chi connectivity index (χ4v) is 6.04. The second kappa shape index (κ2) is 12.2. The van der Waals surface area contributed by atoms with E-state index < -0.39 is 64.4 Å². The minimum Gasteiger partial charge on any atom is -0.434 e. The van der Waals surface area contributed by atoms with Crippen LogP contribution in [-0.4, -0.2) is 76.9 Å². The third-order valence-corrected chi connectivity index (χ3v) is 9.13.